The highest BCUT2D eigenvalue weighted by atomic mass is 16.3. The molecule has 0 aromatic heterocycles. The fourth-order valence-corrected chi connectivity index (χ4v) is 4.63. The molecule has 0 unspecified atom stereocenters. The Hall–Kier alpha value is -3.60. The molecule has 0 aliphatic rings. The molecule has 5 heteroatoms. The van der Waals surface area contributed by atoms with Crippen molar-refractivity contribution in [2.24, 2.45) is 0 Å². The third-order valence-corrected chi connectivity index (χ3v) is 6.86. The van der Waals surface area contributed by atoms with Gasteiger partial charge in [-0.3, -0.25) is 9.59 Å². The minimum absolute atomic E-state index is 0.210. The zero-order valence-corrected chi connectivity index (χ0v) is 24.0. The van der Waals surface area contributed by atoms with Gasteiger partial charge in [0.05, 0.1) is 0 Å². The van der Waals surface area contributed by atoms with Crippen LogP contribution in [0.4, 0.5) is 5.69 Å². The molecule has 2 amide bonds. The second-order valence-corrected chi connectivity index (χ2v) is 12.2. The van der Waals surface area contributed by atoms with E-state index in [1.54, 1.807) is 0 Å². The van der Waals surface area contributed by atoms with E-state index in [-0.39, 0.29) is 29.1 Å². The molecule has 0 heterocycles. The van der Waals surface area contributed by atoms with E-state index in [0.717, 1.165) is 39.1 Å². The van der Waals surface area contributed by atoms with Crippen LogP contribution in [0.1, 0.15) is 87.4 Å². The first-order chi connectivity index (χ1) is 17.7. The summed E-state index contributed by atoms with van der Waals surface area (Å²) in [6, 6.07) is 18.3. The lowest BCUT2D eigenvalue weighted by atomic mass is 9.78. The fourth-order valence-electron chi connectivity index (χ4n) is 4.63. The maximum Gasteiger partial charge on any atom is 0.251 e. The molecule has 3 aromatic carbocycles. The van der Waals surface area contributed by atoms with Gasteiger partial charge in [-0.25, -0.2) is 0 Å². The van der Waals surface area contributed by atoms with Crippen molar-refractivity contribution >= 4 is 17.5 Å². The lowest BCUT2D eigenvalue weighted by molar-refractivity contribution is -0.126. The van der Waals surface area contributed by atoms with E-state index in [0.29, 0.717) is 12.2 Å². The maximum atomic E-state index is 13.4. The van der Waals surface area contributed by atoms with Crippen molar-refractivity contribution in [2.75, 3.05) is 5.32 Å². The molecule has 0 fully saturated rings. The molecular weight excluding hydrogens is 472 g/mol. The van der Waals surface area contributed by atoms with Gasteiger partial charge < -0.3 is 15.7 Å². The van der Waals surface area contributed by atoms with Crippen molar-refractivity contribution in [2.45, 2.75) is 85.1 Å². The highest BCUT2D eigenvalue weighted by Gasteiger charge is 2.27. The molecule has 0 saturated carbocycles. The highest BCUT2D eigenvalue weighted by molar-refractivity contribution is 5.99. The number of aryl methyl sites for hydroxylation is 3. The zero-order valence-electron chi connectivity index (χ0n) is 24.0. The van der Waals surface area contributed by atoms with Crippen LogP contribution in [0.5, 0.6) is 5.75 Å². The fraction of sp³-hybridized carbons (Fsp3) is 0.394. The summed E-state index contributed by atoms with van der Waals surface area (Å²) in [5.74, 6) is -0.166. The first-order valence-corrected chi connectivity index (χ1v) is 13.3. The lowest BCUT2D eigenvalue weighted by Crippen LogP contribution is -2.37. The number of carbonyl (C=O) groups excluding carboxylic acids is 2. The lowest BCUT2D eigenvalue weighted by Gasteiger charge is -2.28. The molecule has 0 aliphatic heterocycles. The van der Waals surface area contributed by atoms with Gasteiger partial charge in [-0.15, -0.1) is 0 Å². The van der Waals surface area contributed by atoms with Gasteiger partial charge in [-0.05, 0) is 64.5 Å². The summed E-state index contributed by atoms with van der Waals surface area (Å²) in [6.45, 7) is 16.3. The normalized spacial score (nSPS) is 12.6. The molecule has 0 bridgehead atoms. The molecule has 0 radical (unpaired) electrons. The Morgan fingerprint density at radius 2 is 1.34 bits per heavy atom. The van der Waals surface area contributed by atoms with Crippen LogP contribution < -0.4 is 10.6 Å². The third kappa shape index (κ3) is 7.03. The Kier molecular flexibility index (Phi) is 8.71. The van der Waals surface area contributed by atoms with Crippen LogP contribution >= 0.6 is 0 Å². The number of hydrogen-bond donors (Lipinski definition) is 3. The number of carbonyl (C=O) groups is 2. The molecule has 5 nitrogen and oxygen atoms in total. The first-order valence-electron chi connectivity index (χ1n) is 13.3. The highest BCUT2D eigenvalue weighted by Crippen LogP contribution is 2.40. The molecule has 0 spiro atoms. The summed E-state index contributed by atoms with van der Waals surface area (Å²) in [4.78, 5) is 26.6. The molecule has 0 aliphatic carbocycles. The van der Waals surface area contributed by atoms with Crippen molar-refractivity contribution < 1.29 is 14.7 Å². The number of benzene rings is 3. The molecule has 202 valence electrons. The van der Waals surface area contributed by atoms with E-state index in [4.69, 9.17) is 0 Å². The Bertz CT molecular complexity index is 1240. The summed E-state index contributed by atoms with van der Waals surface area (Å²) < 4.78 is 0. The number of anilines is 1. The Labute approximate surface area is 227 Å². The van der Waals surface area contributed by atoms with E-state index < -0.39 is 6.04 Å². The second-order valence-electron chi connectivity index (χ2n) is 12.2. The minimum Gasteiger partial charge on any atom is -0.507 e. The van der Waals surface area contributed by atoms with Crippen LogP contribution in [0.2, 0.25) is 0 Å². The smallest absolute Gasteiger partial charge is 0.251 e. The topological polar surface area (TPSA) is 78.4 Å². The van der Waals surface area contributed by atoms with E-state index >= 15 is 0 Å². The standard InChI is InChI=1S/C33H42N2O3/c1-21-13-12-14-22(2)28(21)35-31(38)29(24-15-10-9-11-16-24)34-27(36)18-17-23-19-25(32(3,4)5)30(37)26(20-23)33(6,7)8/h9-16,19-20,29,37H,17-18H2,1-8H3,(H,34,36)(H,35,38)/t29-/m0/s1. The summed E-state index contributed by atoms with van der Waals surface area (Å²) in [6.07, 6.45) is 0.719. The van der Waals surface area contributed by atoms with E-state index in [9.17, 15) is 14.7 Å². The van der Waals surface area contributed by atoms with Crippen LogP contribution in [0.15, 0.2) is 60.7 Å². The Morgan fingerprint density at radius 3 is 1.84 bits per heavy atom. The number of aromatic hydroxyl groups is 1. The van der Waals surface area contributed by atoms with Gasteiger partial charge in [0.25, 0.3) is 5.91 Å². The molecule has 3 aromatic rings. The molecule has 38 heavy (non-hydrogen) atoms. The molecule has 1 atom stereocenters. The summed E-state index contributed by atoms with van der Waals surface area (Å²) in [5.41, 5.74) is 5.66. The van der Waals surface area contributed by atoms with Gasteiger partial charge in [0.1, 0.15) is 11.8 Å². The van der Waals surface area contributed by atoms with Crippen LogP contribution in [-0.2, 0) is 26.8 Å². The summed E-state index contributed by atoms with van der Waals surface area (Å²) >= 11 is 0. The van der Waals surface area contributed by atoms with Gasteiger partial charge >= 0.3 is 0 Å². The van der Waals surface area contributed by atoms with Crippen LogP contribution in [0.3, 0.4) is 0 Å². The van der Waals surface area contributed by atoms with Crippen molar-refractivity contribution in [3.8, 4) is 5.75 Å². The van der Waals surface area contributed by atoms with Gasteiger partial charge in [0.15, 0.2) is 0 Å². The number of amides is 2. The molecular formula is C33H42N2O3. The van der Waals surface area contributed by atoms with Crippen LogP contribution in [-0.4, -0.2) is 16.9 Å². The van der Waals surface area contributed by atoms with E-state index in [1.165, 1.54) is 0 Å². The Morgan fingerprint density at radius 1 is 0.816 bits per heavy atom. The molecule has 3 N–H and O–H groups in total. The average Bonchev–Trinajstić information content (AvgIpc) is 2.83. The molecule has 3 rings (SSSR count). The van der Waals surface area contributed by atoms with Crippen LogP contribution in [0, 0.1) is 13.8 Å². The summed E-state index contributed by atoms with van der Waals surface area (Å²) in [7, 11) is 0. The number of rotatable bonds is 7. The van der Waals surface area contributed by atoms with Gasteiger partial charge in [-0.2, -0.15) is 0 Å². The van der Waals surface area contributed by atoms with Gasteiger partial charge in [0.2, 0.25) is 5.91 Å². The molecule has 0 saturated heterocycles. The quantitative estimate of drug-likeness (QED) is 0.317. The summed E-state index contributed by atoms with van der Waals surface area (Å²) in [5, 5.41) is 17.0. The maximum absolute atomic E-state index is 13.4. The second kappa shape index (κ2) is 11.4. The number of para-hydroxylation sites is 1. The average molecular weight is 515 g/mol. The van der Waals surface area contributed by atoms with Crippen molar-refractivity contribution in [1.29, 1.82) is 0 Å². The van der Waals surface area contributed by atoms with E-state index in [1.807, 2.05) is 74.5 Å². The predicted molar refractivity (Wildman–Crippen MR) is 156 cm³/mol. The van der Waals surface area contributed by atoms with Gasteiger partial charge in [0, 0.05) is 12.1 Å². The minimum atomic E-state index is -0.821. The monoisotopic (exact) mass is 514 g/mol. The third-order valence-electron chi connectivity index (χ3n) is 6.86. The Balaban J connectivity index is 1.83. The number of hydrogen-bond acceptors (Lipinski definition) is 3. The predicted octanol–water partition coefficient (Wildman–Crippen LogP) is 7.03. The zero-order chi connectivity index (χ0) is 28.3. The SMILES string of the molecule is Cc1cccc(C)c1NC(=O)[C@@H](NC(=O)CCc1cc(C(C)(C)C)c(O)c(C(C)(C)C)c1)c1ccccc1. The number of nitrogens with one attached hydrogen (secondary N) is 2. The van der Waals surface area contributed by atoms with Crippen molar-refractivity contribution in [1.82, 2.24) is 5.32 Å². The largest absolute Gasteiger partial charge is 0.507 e. The number of phenols is 1. The van der Waals surface area contributed by atoms with E-state index in [2.05, 4.69) is 52.2 Å². The van der Waals surface area contributed by atoms with Gasteiger partial charge in [-0.1, -0.05) is 102 Å². The first kappa shape index (κ1) is 29.0. The number of phenolic OH excluding ortho intramolecular Hbond substituents is 1. The van der Waals surface area contributed by atoms with Crippen molar-refractivity contribution in [3.63, 3.8) is 0 Å². The van der Waals surface area contributed by atoms with Crippen molar-refractivity contribution in [3.05, 3.63) is 94.0 Å². The van der Waals surface area contributed by atoms with Crippen LogP contribution in [0.25, 0.3) is 0 Å².